The molecule has 0 radical (unpaired) electrons. The van der Waals surface area contributed by atoms with Crippen LogP contribution < -0.4 is 29.6 Å². The van der Waals surface area contributed by atoms with Gasteiger partial charge in [0.05, 0.1) is 4.90 Å². The Morgan fingerprint density at radius 3 is 1.51 bits per heavy atom. The summed E-state index contributed by atoms with van der Waals surface area (Å²) in [5.74, 6) is 0. The van der Waals surface area contributed by atoms with E-state index in [1.54, 1.807) is 0 Å². The van der Waals surface area contributed by atoms with Gasteiger partial charge in [0.2, 0.25) is 0 Å². The molecule has 0 saturated heterocycles. The van der Waals surface area contributed by atoms with Crippen molar-refractivity contribution < 1.29 is 42.5 Å². The van der Waals surface area contributed by atoms with E-state index >= 15 is 0 Å². The third-order valence-electron chi connectivity index (χ3n) is 7.49. The zero-order valence-electron chi connectivity index (χ0n) is 24.2. The molecule has 0 aliphatic heterocycles. The third-order valence-corrected chi connectivity index (χ3v) is 8.47. The largest absolute Gasteiger partial charge is 1.00 e. The minimum Gasteiger partial charge on any atom is -0.744 e. The first-order valence-corrected chi connectivity index (χ1v) is 16.4. The summed E-state index contributed by atoms with van der Waals surface area (Å²) in [6.45, 7) is 4.49. The maximum absolute atomic E-state index is 12.3. The van der Waals surface area contributed by atoms with Crippen molar-refractivity contribution in [3.8, 4) is 0 Å². The molecule has 3 nitrogen and oxygen atoms in total. The molecule has 0 N–H and O–H groups in total. The zero-order chi connectivity index (χ0) is 26.1. The quantitative estimate of drug-likeness (QED) is 0.0987. The van der Waals surface area contributed by atoms with Gasteiger partial charge in [0.25, 0.3) is 0 Å². The van der Waals surface area contributed by atoms with E-state index in [0.29, 0.717) is 17.4 Å². The van der Waals surface area contributed by atoms with Crippen LogP contribution >= 0.6 is 0 Å². The Kier molecular flexibility index (Phi) is 19.2. The average molecular weight is 539 g/mol. The molecule has 0 heterocycles. The first kappa shape index (κ1) is 34.6. The van der Waals surface area contributed by atoms with Gasteiger partial charge in [0.1, 0.15) is 10.1 Å². The number of fused-ring (bicyclic) bond motifs is 1. The smallest absolute Gasteiger partial charge is 0.744 e. The van der Waals surface area contributed by atoms with Gasteiger partial charge in [-0.15, -0.1) is 0 Å². The van der Waals surface area contributed by atoms with Crippen LogP contribution in [-0.2, 0) is 23.0 Å². The van der Waals surface area contributed by atoms with Gasteiger partial charge in [-0.05, 0) is 53.6 Å². The Hall–Kier alpha value is -0.390. The van der Waals surface area contributed by atoms with Gasteiger partial charge in [-0.1, -0.05) is 141 Å². The summed E-state index contributed by atoms with van der Waals surface area (Å²) in [4.78, 5) is 0.0218. The number of hydrogen-bond donors (Lipinski definition) is 0. The molecular weight excluding hydrogens is 487 g/mol. The summed E-state index contributed by atoms with van der Waals surface area (Å²) in [5.41, 5.74) is 1.83. The van der Waals surface area contributed by atoms with Crippen LogP contribution in [0.5, 0.6) is 0 Å². The topological polar surface area (TPSA) is 57.2 Å². The van der Waals surface area contributed by atoms with Crippen LogP contribution in [-0.4, -0.2) is 13.0 Å². The molecule has 0 unspecified atom stereocenters. The average Bonchev–Trinajstić information content (AvgIpc) is 2.85. The number of hydrogen-bond acceptors (Lipinski definition) is 3. The summed E-state index contributed by atoms with van der Waals surface area (Å²) in [6.07, 6.45) is 24.2. The molecule has 0 fully saturated rings. The zero-order valence-corrected chi connectivity index (χ0v) is 27.0. The van der Waals surface area contributed by atoms with E-state index in [4.69, 9.17) is 0 Å². The van der Waals surface area contributed by atoms with Crippen molar-refractivity contribution >= 4 is 20.9 Å². The Bertz CT molecular complexity index is 966. The van der Waals surface area contributed by atoms with Gasteiger partial charge < -0.3 is 4.55 Å². The van der Waals surface area contributed by atoms with E-state index in [-0.39, 0.29) is 34.5 Å². The monoisotopic (exact) mass is 538 g/mol. The molecule has 0 aliphatic rings. The molecule has 0 aromatic heterocycles. The number of aryl methyl sites for hydroxylation is 2. The Morgan fingerprint density at radius 1 is 0.595 bits per heavy atom. The molecule has 0 amide bonds. The first-order chi connectivity index (χ1) is 17.5. The fourth-order valence-electron chi connectivity index (χ4n) is 5.30. The van der Waals surface area contributed by atoms with Crippen molar-refractivity contribution in [1.29, 1.82) is 0 Å². The summed E-state index contributed by atoms with van der Waals surface area (Å²) in [7, 11) is -4.53. The predicted octanol–water partition coefficient (Wildman–Crippen LogP) is 6.89. The van der Waals surface area contributed by atoms with E-state index in [0.717, 1.165) is 36.6 Å². The Morgan fingerprint density at radius 2 is 1.03 bits per heavy atom. The number of unbranched alkanes of at least 4 members (excludes halogenated alkanes) is 16. The van der Waals surface area contributed by atoms with Crippen LogP contribution in [0.1, 0.15) is 141 Å². The van der Waals surface area contributed by atoms with Crippen LogP contribution in [0, 0.1) is 0 Å². The Balaban J connectivity index is 0.00000684. The van der Waals surface area contributed by atoms with Crippen molar-refractivity contribution in [2.45, 2.75) is 147 Å². The summed E-state index contributed by atoms with van der Waals surface area (Å²) in [6, 6.07) is 9.88. The van der Waals surface area contributed by atoms with Crippen molar-refractivity contribution in [2.75, 3.05) is 0 Å². The molecule has 5 heteroatoms. The fraction of sp³-hybridized carbons (Fsp3) is 0.688. The van der Waals surface area contributed by atoms with E-state index < -0.39 is 10.1 Å². The SMILES string of the molecule is CCCCCCCCCCCc1ccc2ccc(CCCCCCCCCCC)c(S(=O)(=O)[O-])c2c1.[Na+]. The van der Waals surface area contributed by atoms with Gasteiger partial charge >= 0.3 is 29.6 Å². The maximum atomic E-state index is 12.3. The number of benzene rings is 2. The van der Waals surface area contributed by atoms with E-state index in [2.05, 4.69) is 19.9 Å². The van der Waals surface area contributed by atoms with E-state index in [9.17, 15) is 13.0 Å². The maximum Gasteiger partial charge on any atom is 1.00 e. The molecule has 0 atom stereocenters. The summed E-state index contributed by atoms with van der Waals surface area (Å²) < 4.78 is 36.9. The predicted molar refractivity (Wildman–Crippen MR) is 154 cm³/mol. The van der Waals surface area contributed by atoms with Crippen molar-refractivity contribution in [1.82, 2.24) is 0 Å². The minimum absolute atomic E-state index is 0. The fourth-order valence-corrected chi connectivity index (χ4v) is 6.24. The second kappa shape index (κ2) is 20.5. The molecule has 2 aromatic carbocycles. The number of rotatable bonds is 21. The third kappa shape index (κ3) is 14.0. The minimum atomic E-state index is -4.53. The van der Waals surface area contributed by atoms with Crippen LogP contribution in [0.15, 0.2) is 35.2 Å². The van der Waals surface area contributed by atoms with Gasteiger partial charge in [-0.2, -0.15) is 0 Å². The normalized spacial score (nSPS) is 11.6. The van der Waals surface area contributed by atoms with Crippen LogP contribution in [0.3, 0.4) is 0 Å². The van der Waals surface area contributed by atoms with E-state index in [1.165, 1.54) is 96.3 Å². The standard InChI is InChI=1S/C32H52O3S.Na/c1-3-5-7-9-11-13-15-17-19-21-28-23-24-29-25-26-30(32(31(29)27-28)36(33,34)35)22-20-18-16-14-12-10-8-6-4-2;/h23-27H,3-22H2,1-2H3,(H,33,34,35);/q;+1/p-1. The second-order valence-electron chi connectivity index (χ2n) is 10.7. The molecule has 0 spiro atoms. The Labute approximate surface area is 250 Å². The summed E-state index contributed by atoms with van der Waals surface area (Å²) in [5, 5.41) is 1.46. The van der Waals surface area contributed by atoms with Gasteiger partial charge in [-0.3, -0.25) is 0 Å². The second-order valence-corrected chi connectivity index (χ2v) is 12.0. The molecule has 2 aromatic rings. The van der Waals surface area contributed by atoms with Crippen molar-refractivity contribution in [2.24, 2.45) is 0 Å². The summed E-state index contributed by atoms with van der Waals surface area (Å²) >= 11 is 0. The molecule has 0 saturated carbocycles. The molecular formula is C32H51NaO3S. The molecule has 204 valence electrons. The van der Waals surface area contributed by atoms with E-state index in [1.807, 2.05) is 24.3 Å². The molecule has 2 rings (SSSR count). The van der Waals surface area contributed by atoms with Crippen LogP contribution in [0.25, 0.3) is 10.8 Å². The van der Waals surface area contributed by atoms with Gasteiger partial charge in [-0.25, -0.2) is 8.42 Å². The van der Waals surface area contributed by atoms with Crippen LogP contribution in [0.2, 0.25) is 0 Å². The van der Waals surface area contributed by atoms with Gasteiger partial charge in [0.15, 0.2) is 0 Å². The molecule has 0 aliphatic carbocycles. The van der Waals surface area contributed by atoms with Gasteiger partial charge in [0, 0.05) is 0 Å². The molecule has 0 bridgehead atoms. The first-order valence-electron chi connectivity index (χ1n) is 15.0. The van der Waals surface area contributed by atoms with Crippen LogP contribution in [0.4, 0.5) is 0 Å². The molecule has 37 heavy (non-hydrogen) atoms. The van der Waals surface area contributed by atoms with Crippen molar-refractivity contribution in [3.63, 3.8) is 0 Å². The van der Waals surface area contributed by atoms with Crippen molar-refractivity contribution in [3.05, 3.63) is 41.5 Å².